The Bertz CT molecular complexity index is 665. The largest absolute Gasteiger partial charge is 0.478 e. The summed E-state index contributed by atoms with van der Waals surface area (Å²) < 4.78 is 0. The molecule has 0 saturated carbocycles. The summed E-state index contributed by atoms with van der Waals surface area (Å²) in [7, 11) is 1.71. The molecule has 0 aliphatic heterocycles. The number of benzene rings is 1. The van der Waals surface area contributed by atoms with Crippen LogP contribution in [0.3, 0.4) is 0 Å². The lowest BCUT2D eigenvalue weighted by Gasteiger charge is -2.17. The predicted molar refractivity (Wildman–Crippen MR) is 78.2 cm³/mol. The van der Waals surface area contributed by atoms with Crippen LogP contribution >= 0.6 is 0 Å². The number of nitrogens with zero attached hydrogens (tertiary/aromatic N) is 2. The van der Waals surface area contributed by atoms with Crippen LogP contribution in [0.5, 0.6) is 0 Å². The lowest BCUT2D eigenvalue weighted by molar-refractivity contribution is 0.0695. The van der Waals surface area contributed by atoms with Crippen molar-refractivity contribution in [3.8, 4) is 0 Å². The van der Waals surface area contributed by atoms with Gasteiger partial charge in [0.15, 0.2) is 0 Å². The van der Waals surface area contributed by atoms with Crippen molar-refractivity contribution in [3.63, 3.8) is 0 Å². The number of hydrogen-bond acceptors (Lipinski definition) is 3. The first-order chi connectivity index (χ1) is 9.97. The van der Waals surface area contributed by atoms with Crippen molar-refractivity contribution in [1.29, 1.82) is 0 Å². The van der Waals surface area contributed by atoms with Crippen molar-refractivity contribution in [1.82, 2.24) is 9.88 Å². The van der Waals surface area contributed by atoms with E-state index < -0.39 is 5.97 Å². The molecule has 0 saturated heterocycles. The minimum absolute atomic E-state index is 0.0946. The van der Waals surface area contributed by atoms with Crippen molar-refractivity contribution < 1.29 is 14.7 Å². The predicted octanol–water partition coefficient (Wildman–Crippen LogP) is 2.36. The minimum Gasteiger partial charge on any atom is -0.478 e. The van der Waals surface area contributed by atoms with Gasteiger partial charge in [-0.1, -0.05) is 12.1 Å². The molecule has 2 rings (SSSR count). The number of carboxylic acids is 1. The second kappa shape index (κ2) is 6.17. The molecule has 0 bridgehead atoms. The monoisotopic (exact) mass is 284 g/mol. The van der Waals surface area contributed by atoms with E-state index in [0.717, 1.165) is 11.3 Å². The number of carboxylic acid groups (broad SMARTS) is 1. The van der Waals surface area contributed by atoms with E-state index >= 15 is 0 Å². The number of carbonyl (C=O) groups excluding carboxylic acids is 1. The fraction of sp³-hybridized carbons (Fsp3) is 0.188. The van der Waals surface area contributed by atoms with Crippen LogP contribution in [0.25, 0.3) is 0 Å². The Morgan fingerprint density at radius 2 is 1.81 bits per heavy atom. The Balaban J connectivity index is 2.08. The normalized spacial score (nSPS) is 10.2. The van der Waals surface area contributed by atoms with E-state index in [4.69, 9.17) is 5.11 Å². The quantitative estimate of drug-likeness (QED) is 0.935. The molecule has 0 spiro atoms. The summed E-state index contributed by atoms with van der Waals surface area (Å²) in [6, 6.07) is 9.92. The van der Waals surface area contributed by atoms with Gasteiger partial charge in [0.25, 0.3) is 5.91 Å². The van der Waals surface area contributed by atoms with Crippen molar-refractivity contribution >= 4 is 11.9 Å². The van der Waals surface area contributed by atoms with Crippen LogP contribution in [0.4, 0.5) is 0 Å². The lowest BCUT2D eigenvalue weighted by atomic mass is 10.1. The molecule has 0 atom stereocenters. The number of rotatable bonds is 4. The number of hydrogen-bond donors (Lipinski definition) is 1. The number of carbonyl (C=O) groups is 2. The maximum Gasteiger partial charge on any atom is 0.335 e. The molecule has 1 heterocycles. The zero-order valence-corrected chi connectivity index (χ0v) is 11.9. The van der Waals surface area contributed by atoms with E-state index in [-0.39, 0.29) is 11.5 Å². The molecule has 108 valence electrons. The zero-order valence-electron chi connectivity index (χ0n) is 11.9. The molecule has 1 aromatic carbocycles. The van der Waals surface area contributed by atoms with E-state index in [0.29, 0.717) is 12.1 Å². The van der Waals surface area contributed by atoms with Crippen molar-refractivity contribution in [2.24, 2.45) is 0 Å². The van der Waals surface area contributed by atoms with Crippen LogP contribution in [-0.2, 0) is 6.54 Å². The number of pyridine rings is 1. The maximum absolute atomic E-state index is 12.3. The van der Waals surface area contributed by atoms with Gasteiger partial charge in [0.1, 0.15) is 0 Å². The first kappa shape index (κ1) is 14.7. The van der Waals surface area contributed by atoms with Crippen LogP contribution in [-0.4, -0.2) is 33.9 Å². The summed E-state index contributed by atoms with van der Waals surface area (Å²) >= 11 is 0. The van der Waals surface area contributed by atoms with Crippen LogP contribution in [0, 0.1) is 6.92 Å². The third-order valence-electron chi connectivity index (χ3n) is 3.11. The highest BCUT2D eigenvalue weighted by Crippen LogP contribution is 2.10. The molecule has 5 nitrogen and oxygen atoms in total. The highest BCUT2D eigenvalue weighted by Gasteiger charge is 2.12. The van der Waals surface area contributed by atoms with E-state index in [1.807, 2.05) is 6.92 Å². The standard InChI is InChI=1S/C16H16N2O3/c1-11-9-14(7-8-17-11)15(19)18(2)10-12-3-5-13(6-4-12)16(20)21/h3-9H,10H2,1-2H3,(H,20,21). The number of aromatic carboxylic acids is 1. The van der Waals surface area contributed by atoms with Crippen LogP contribution < -0.4 is 0 Å². The number of amides is 1. The van der Waals surface area contributed by atoms with Crippen LogP contribution in [0.1, 0.15) is 32.0 Å². The average Bonchev–Trinajstić information content (AvgIpc) is 2.47. The van der Waals surface area contributed by atoms with Gasteiger partial charge in [-0.25, -0.2) is 4.79 Å². The summed E-state index contributed by atoms with van der Waals surface area (Å²) in [5.74, 6) is -1.05. The van der Waals surface area contributed by atoms with Crippen molar-refractivity contribution in [2.75, 3.05) is 7.05 Å². The highest BCUT2D eigenvalue weighted by molar-refractivity contribution is 5.94. The molecule has 0 aliphatic rings. The SMILES string of the molecule is Cc1cc(C(=O)N(C)Cc2ccc(C(=O)O)cc2)ccn1. The molecule has 0 radical (unpaired) electrons. The summed E-state index contributed by atoms with van der Waals surface area (Å²) in [6.45, 7) is 2.25. The van der Waals surface area contributed by atoms with E-state index in [1.165, 1.54) is 12.1 Å². The number of aromatic nitrogens is 1. The highest BCUT2D eigenvalue weighted by atomic mass is 16.4. The maximum atomic E-state index is 12.3. The second-order valence-corrected chi connectivity index (χ2v) is 4.85. The first-order valence-corrected chi connectivity index (χ1v) is 6.47. The summed E-state index contributed by atoms with van der Waals surface area (Å²) in [4.78, 5) is 28.7. The zero-order chi connectivity index (χ0) is 15.4. The Labute approximate surface area is 122 Å². The van der Waals surface area contributed by atoms with Gasteiger partial charge in [-0.15, -0.1) is 0 Å². The van der Waals surface area contributed by atoms with E-state index in [2.05, 4.69) is 4.98 Å². The van der Waals surface area contributed by atoms with Gasteiger partial charge < -0.3 is 10.0 Å². The lowest BCUT2D eigenvalue weighted by Crippen LogP contribution is -2.26. The fourth-order valence-corrected chi connectivity index (χ4v) is 2.00. The van der Waals surface area contributed by atoms with Gasteiger partial charge in [0.05, 0.1) is 5.56 Å². The summed E-state index contributed by atoms with van der Waals surface area (Å²) in [5, 5.41) is 8.85. The Hall–Kier alpha value is -2.69. The second-order valence-electron chi connectivity index (χ2n) is 4.85. The average molecular weight is 284 g/mol. The molecular formula is C16H16N2O3. The van der Waals surface area contributed by atoms with Gasteiger partial charge in [-0.3, -0.25) is 9.78 Å². The van der Waals surface area contributed by atoms with E-state index in [1.54, 1.807) is 42.4 Å². The molecule has 1 aromatic heterocycles. The third-order valence-corrected chi connectivity index (χ3v) is 3.11. The van der Waals surface area contributed by atoms with Gasteiger partial charge in [-0.2, -0.15) is 0 Å². The van der Waals surface area contributed by atoms with Gasteiger partial charge in [0, 0.05) is 31.0 Å². The molecule has 0 unspecified atom stereocenters. The molecule has 2 aromatic rings. The van der Waals surface area contributed by atoms with Crippen LogP contribution in [0.2, 0.25) is 0 Å². The van der Waals surface area contributed by atoms with Crippen molar-refractivity contribution in [2.45, 2.75) is 13.5 Å². The molecule has 0 fully saturated rings. The molecule has 5 heteroatoms. The third kappa shape index (κ3) is 3.66. The minimum atomic E-state index is -0.960. The summed E-state index contributed by atoms with van der Waals surface area (Å²) in [6.07, 6.45) is 1.61. The number of aryl methyl sites for hydroxylation is 1. The van der Waals surface area contributed by atoms with Gasteiger partial charge >= 0.3 is 5.97 Å². The molecule has 1 amide bonds. The molecule has 0 aliphatic carbocycles. The van der Waals surface area contributed by atoms with Gasteiger partial charge in [-0.05, 0) is 36.8 Å². The topological polar surface area (TPSA) is 70.5 Å². The Morgan fingerprint density at radius 1 is 1.14 bits per heavy atom. The molecular weight excluding hydrogens is 268 g/mol. The fourth-order valence-electron chi connectivity index (χ4n) is 2.00. The molecule has 21 heavy (non-hydrogen) atoms. The van der Waals surface area contributed by atoms with Crippen LogP contribution in [0.15, 0.2) is 42.6 Å². The smallest absolute Gasteiger partial charge is 0.335 e. The van der Waals surface area contributed by atoms with Gasteiger partial charge in [0.2, 0.25) is 0 Å². The summed E-state index contributed by atoms with van der Waals surface area (Å²) in [5.41, 5.74) is 2.49. The first-order valence-electron chi connectivity index (χ1n) is 6.47. The van der Waals surface area contributed by atoms with Crippen molar-refractivity contribution in [3.05, 3.63) is 65.0 Å². The Morgan fingerprint density at radius 3 is 2.38 bits per heavy atom. The Kier molecular flexibility index (Phi) is 4.33. The molecule has 1 N–H and O–H groups in total. The van der Waals surface area contributed by atoms with E-state index in [9.17, 15) is 9.59 Å².